The van der Waals surface area contributed by atoms with Gasteiger partial charge in [0.15, 0.2) is 11.6 Å². The molecule has 4 nitrogen and oxygen atoms in total. The van der Waals surface area contributed by atoms with Crippen LogP contribution in [0.5, 0.6) is 0 Å². The Balaban J connectivity index is 1.02. The van der Waals surface area contributed by atoms with Crippen molar-refractivity contribution in [3.05, 3.63) is 205 Å². The molecule has 0 bridgehead atoms. The highest BCUT2D eigenvalue weighted by Gasteiger charge is 2.35. The second kappa shape index (κ2) is 13.4. The standard InChI is InChI=1S/C54H38N4/c1-54(2)47-22-11-9-20-43(47)44-30-28-42(34-48(44)54)40-19-13-18-39(32-40)41-29-31-50-46(33-41)45-21-10-12-23-49(45)58(50)53-56-51(37-16-7-4-8-17-37)55-52(57-53)38-26-24-36(25-27-38)35-14-5-3-6-15-35/h3-34H,1-2H3. The summed E-state index contributed by atoms with van der Waals surface area (Å²) < 4.78 is 2.19. The van der Waals surface area contributed by atoms with Gasteiger partial charge in [0.05, 0.1) is 11.0 Å². The van der Waals surface area contributed by atoms with Crippen LogP contribution in [0, 0.1) is 0 Å². The molecule has 2 heterocycles. The Bertz CT molecular complexity index is 3180. The van der Waals surface area contributed by atoms with Crippen LogP contribution >= 0.6 is 0 Å². The summed E-state index contributed by atoms with van der Waals surface area (Å²) in [5.41, 5.74) is 16.4. The summed E-state index contributed by atoms with van der Waals surface area (Å²) in [7, 11) is 0. The molecule has 11 rings (SSSR count). The van der Waals surface area contributed by atoms with Crippen LogP contribution in [0.2, 0.25) is 0 Å². The van der Waals surface area contributed by atoms with Crippen molar-refractivity contribution < 1.29 is 0 Å². The number of para-hydroxylation sites is 1. The van der Waals surface area contributed by atoms with E-state index in [-0.39, 0.29) is 5.41 Å². The molecule has 0 amide bonds. The molecule has 1 aliphatic rings. The predicted molar refractivity (Wildman–Crippen MR) is 239 cm³/mol. The first kappa shape index (κ1) is 33.9. The Hall–Kier alpha value is -7.43. The van der Waals surface area contributed by atoms with Crippen LogP contribution in [-0.4, -0.2) is 19.5 Å². The zero-order valence-corrected chi connectivity index (χ0v) is 32.3. The quantitative estimate of drug-likeness (QED) is 0.170. The van der Waals surface area contributed by atoms with Crippen molar-refractivity contribution in [2.24, 2.45) is 0 Å². The zero-order chi connectivity index (χ0) is 38.8. The van der Waals surface area contributed by atoms with Crippen LogP contribution in [-0.2, 0) is 5.41 Å². The average molecular weight is 743 g/mol. The number of rotatable bonds is 6. The lowest BCUT2D eigenvalue weighted by Gasteiger charge is -2.22. The zero-order valence-electron chi connectivity index (χ0n) is 32.3. The molecule has 0 spiro atoms. The Morgan fingerprint density at radius 2 is 0.845 bits per heavy atom. The molecule has 274 valence electrons. The highest BCUT2D eigenvalue weighted by molar-refractivity contribution is 6.10. The monoisotopic (exact) mass is 742 g/mol. The second-order valence-electron chi connectivity index (χ2n) is 15.7. The van der Waals surface area contributed by atoms with E-state index in [9.17, 15) is 0 Å². The van der Waals surface area contributed by atoms with E-state index in [2.05, 4.69) is 188 Å². The van der Waals surface area contributed by atoms with Gasteiger partial charge in [-0.05, 0) is 86.0 Å². The van der Waals surface area contributed by atoms with Gasteiger partial charge in [0.2, 0.25) is 5.95 Å². The van der Waals surface area contributed by atoms with Crippen molar-refractivity contribution in [3.8, 4) is 73.2 Å². The van der Waals surface area contributed by atoms with Gasteiger partial charge in [-0.15, -0.1) is 0 Å². The van der Waals surface area contributed by atoms with Crippen molar-refractivity contribution >= 4 is 21.8 Å². The summed E-state index contributed by atoms with van der Waals surface area (Å²) in [6.45, 7) is 4.68. The van der Waals surface area contributed by atoms with Crippen LogP contribution in [0.1, 0.15) is 25.0 Å². The first-order valence-corrected chi connectivity index (χ1v) is 19.9. The Morgan fingerprint density at radius 3 is 1.60 bits per heavy atom. The molecule has 0 fully saturated rings. The Morgan fingerprint density at radius 1 is 0.345 bits per heavy atom. The summed E-state index contributed by atoms with van der Waals surface area (Å²) in [6.07, 6.45) is 0. The van der Waals surface area contributed by atoms with Gasteiger partial charge in [0.1, 0.15) is 0 Å². The minimum atomic E-state index is -0.0487. The summed E-state index contributed by atoms with van der Waals surface area (Å²) >= 11 is 0. The molecule has 10 aromatic rings. The predicted octanol–water partition coefficient (Wildman–Crippen LogP) is 13.6. The fourth-order valence-corrected chi connectivity index (χ4v) is 8.88. The number of hydrogen-bond acceptors (Lipinski definition) is 3. The lowest BCUT2D eigenvalue weighted by Crippen LogP contribution is -2.14. The van der Waals surface area contributed by atoms with Gasteiger partial charge in [-0.1, -0.05) is 178 Å². The molecule has 0 aliphatic heterocycles. The third-order valence-corrected chi connectivity index (χ3v) is 11.9. The first-order valence-electron chi connectivity index (χ1n) is 19.9. The number of hydrogen-bond donors (Lipinski definition) is 0. The fraction of sp³-hybridized carbons (Fsp3) is 0.0556. The maximum Gasteiger partial charge on any atom is 0.238 e. The highest BCUT2D eigenvalue weighted by Crippen LogP contribution is 2.49. The maximum absolute atomic E-state index is 5.19. The summed E-state index contributed by atoms with van der Waals surface area (Å²) in [5.74, 6) is 1.84. The second-order valence-corrected chi connectivity index (χ2v) is 15.7. The molecular weight excluding hydrogens is 705 g/mol. The topological polar surface area (TPSA) is 43.6 Å². The van der Waals surface area contributed by atoms with E-state index in [1.165, 1.54) is 44.5 Å². The van der Waals surface area contributed by atoms with E-state index in [0.29, 0.717) is 17.6 Å². The summed E-state index contributed by atoms with van der Waals surface area (Å²) in [5, 5.41) is 2.29. The molecule has 4 heteroatoms. The first-order chi connectivity index (χ1) is 28.5. The van der Waals surface area contributed by atoms with Gasteiger partial charge in [0.25, 0.3) is 0 Å². The molecule has 0 atom stereocenters. The van der Waals surface area contributed by atoms with E-state index in [1.807, 2.05) is 24.3 Å². The number of nitrogens with zero attached hydrogens (tertiary/aromatic N) is 4. The fourth-order valence-electron chi connectivity index (χ4n) is 8.88. The minimum absolute atomic E-state index is 0.0487. The molecule has 0 radical (unpaired) electrons. The molecule has 8 aromatic carbocycles. The van der Waals surface area contributed by atoms with Gasteiger partial charge >= 0.3 is 0 Å². The van der Waals surface area contributed by atoms with Crippen molar-refractivity contribution in [2.45, 2.75) is 19.3 Å². The lowest BCUT2D eigenvalue weighted by atomic mass is 9.81. The van der Waals surface area contributed by atoms with E-state index >= 15 is 0 Å². The van der Waals surface area contributed by atoms with Gasteiger partial charge in [0, 0.05) is 27.3 Å². The van der Waals surface area contributed by atoms with Crippen LogP contribution in [0.25, 0.3) is 95.0 Å². The van der Waals surface area contributed by atoms with Gasteiger partial charge < -0.3 is 0 Å². The SMILES string of the molecule is CC1(C)c2ccccc2-c2ccc(-c3cccc(-c4ccc5c(c4)c4ccccc4n5-c4nc(-c5ccccc5)nc(-c5ccc(-c6ccccc6)cc5)n4)c3)cc21. The van der Waals surface area contributed by atoms with Crippen molar-refractivity contribution in [2.75, 3.05) is 0 Å². The number of fused-ring (bicyclic) bond motifs is 6. The third-order valence-electron chi connectivity index (χ3n) is 11.9. The van der Waals surface area contributed by atoms with Crippen molar-refractivity contribution in [3.63, 3.8) is 0 Å². The van der Waals surface area contributed by atoms with Gasteiger partial charge in [-0.2, -0.15) is 9.97 Å². The van der Waals surface area contributed by atoms with Crippen LogP contribution in [0.15, 0.2) is 194 Å². The molecule has 0 unspecified atom stereocenters. The van der Waals surface area contributed by atoms with Gasteiger partial charge in [-0.3, -0.25) is 4.57 Å². The molecule has 0 saturated heterocycles. The van der Waals surface area contributed by atoms with Crippen molar-refractivity contribution in [1.82, 2.24) is 19.5 Å². The Labute approximate surface area is 337 Å². The summed E-state index contributed by atoms with van der Waals surface area (Å²) in [4.78, 5) is 15.4. The average Bonchev–Trinajstić information content (AvgIpc) is 3.74. The summed E-state index contributed by atoms with van der Waals surface area (Å²) in [6, 6.07) is 69.1. The maximum atomic E-state index is 5.19. The molecule has 0 saturated carbocycles. The number of benzene rings is 8. The van der Waals surface area contributed by atoms with Crippen LogP contribution in [0.4, 0.5) is 0 Å². The molecule has 1 aliphatic carbocycles. The molecule has 0 N–H and O–H groups in total. The van der Waals surface area contributed by atoms with Gasteiger partial charge in [-0.25, -0.2) is 4.98 Å². The highest BCUT2D eigenvalue weighted by atomic mass is 15.2. The molecular formula is C54H38N4. The van der Waals surface area contributed by atoms with E-state index in [4.69, 9.17) is 15.0 Å². The lowest BCUT2D eigenvalue weighted by molar-refractivity contribution is 0.660. The van der Waals surface area contributed by atoms with E-state index in [0.717, 1.165) is 44.1 Å². The van der Waals surface area contributed by atoms with Crippen LogP contribution < -0.4 is 0 Å². The number of aromatic nitrogens is 4. The molecule has 58 heavy (non-hydrogen) atoms. The third kappa shape index (κ3) is 5.56. The minimum Gasteiger partial charge on any atom is -0.278 e. The largest absolute Gasteiger partial charge is 0.278 e. The molecule has 2 aromatic heterocycles. The Kier molecular flexibility index (Phi) is 7.80. The van der Waals surface area contributed by atoms with Crippen molar-refractivity contribution in [1.29, 1.82) is 0 Å². The van der Waals surface area contributed by atoms with E-state index < -0.39 is 0 Å². The normalized spacial score (nSPS) is 12.8. The van der Waals surface area contributed by atoms with Crippen LogP contribution in [0.3, 0.4) is 0 Å². The smallest absolute Gasteiger partial charge is 0.238 e. The van der Waals surface area contributed by atoms with E-state index in [1.54, 1.807) is 0 Å².